The van der Waals surface area contributed by atoms with Crippen molar-refractivity contribution in [2.75, 3.05) is 18.4 Å². The topological polar surface area (TPSA) is 54.0 Å². The highest BCUT2D eigenvalue weighted by molar-refractivity contribution is 6.29. The van der Waals surface area contributed by atoms with Gasteiger partial charge in [0.15, 0.2) is 0 Å². The van der Waals surface area contributed by atoms with E-state index < -0.39 is 0 Å². The summed E-state index contributed by atoms with van der Waals surface area (Å²) in [6.07, 6.45) is 4.54. The molecule has 1 aromatic heterocycles. The van der Waals surface area contributed by atoms with E-state index in [4.69, 9.17) is 11.6 Å². The van der Waals surface area contributed by atoms with E-state index in [0.717, 1.165) is 25.9 Å². The van der Waals surface area contributed by atoms with Crippen molar-refractivity contribution in [3.8, 4) is 0 Å². The van der Waals surface area contributed by atoms with Gasteiger partial charge in [0, 0.05) is 18.7 Å². The molecule has 0 aliphatic heterocycles. The van der Waals surface area contributed by atoms with Crippen LogP contribution in [0, 0.1) is 5.41 Å². The Morgan fingerprint density at radius 3 is 2.75 bits per heavy atom. The summed E-state index contributed by atoms with van der Waals surface area (Å²) in [5.74, 6) is 0.578. The molecule has 1 aromatic rings. The molecule has 110 valence electrons. The normalized spacial score (nSPS) is 15.8. The number of nitrogens with one attached hydrogen (secondary N) is 2. The molecule has 0 unspecified atom stereocenters. The second-order valence-corrected chi connectivity index (χ2v) is 5.91. The van der Waals surface area contributed by atoms with E-state index in [1.54, 1.807) is 12.1 Å². The zero-order valence-corrected chi connectivity index (χ0v) is 12.9. The van der Waals surface area contributed by atoms with Crippen LogP contribution in [0.4, 0.5) is 5.82 Å². The van der Waals surface area contributed by atoms with Crippen molar-refractivity contribution in [2.45, 2.75) is 39.5 Å². The third-order valence-corrected chi connectivity index (χ3v) is 4.14. The summed E-state index contributed by atoms with van der Waals surface area (Å²) in [6, 6.07) is 3.36. The summed E-state index contributed by atoms with van der Waals surface area (Å²) in [6.45, 7) is 5.81. The molecule has 1 amide bonds. The minimum absolute atomic E-state index is 0.0754. The highest BCUT2D eigenvalue weighted by Gasteiger charge is 2.40. The quantitative estimate of drug-likeness (QED) is 0.757. The van der Waals surface area contributed by atoms with E-state index in [-0.39, 0.29) is 5.91 Å². The van der Waals surface area contributed by atoms with Crippen molar-refractivity contribution in [1.82, 2.24) is 10.3 Å². The number of aromatic nitrogens is 1. The molecule has 5 heteroatoms. The maximum absolute atomic E-state index is 12.2. The molecule has 1 saturated carbocycles. The Labute approximate surface area is 125 Å². The van der Waals surface area contributed by atoms with Gasteiger partial charge in [-0.05, 0) is 43.2 Å². The van der Waals surface area contributed by atoms with Crippen molar-refractivity contribution in [3.63, 3.8) is 0 Å². The van der Waals surface area contributed by atoms with Crippen LogP contribution in [0.5, 0.6) is 0 Å². The molecule has 1 heterocycles. The molecule has 0 saturated heterocycles. The number of halogens is 1. The Bertz CT molecular complexity index is 486. The first-order valence-corrected chi connectivity index (χ1v) is 7.66. The molecule has 0 spiro atoms. The first-order valence-electron chi connectivity index (χ1n) is 7.28. The smallest absolute Gasteiger partial charge is 0.251 e. The molecule has 1 aliphatic rings. The minimum Gasteiger partial charge on any atom is -0.370 e. The summed E-state index contributed by atoms with van der Waals surface area (Å²) in [7, 11) is 0. The van der Waals surface area contributed by atoms with Gasteiger partial charge in [-0.3, -0.25) is 4.79 Å². The number of carbonyl (C=O) groups excluding carboxylic acids is 1. The zero-order valence-electron chi connectivity index (χ0n) is 12.1. The van der Waals surface area contributed by atoms with E-state index >= 15 is 0 Å². The van der Waals surface area contributed by atoms with Crippen LogP contribution in [0.3, 0.4) is 0 Å². The van der Waals surface area contributed by atoms with Crippen molar-refractivity contribution in [3.05, 3.63) is 22.8 Å². The lowest BCUT2D eigenvalue weighted by molar-refractivity contribution is 0.0944. The Balaban J connectivity index is 1.99. The van der Waals surface area contributed by atoms with Crippen molar-refractivity contribution in [2.24, 2.45) is 5.41 Å². The van der Waals surface area contributed by atoms with Gasteiger partial charge >= 0.3 is 0 Å². The summed E-state index contributed by atoms with van der Waals surface area (Å²) >= 11 is 5.97. The van der Waals surface area contributed by atoms with Gasteiger partial charge in [-0.25, -0.2) is 4.98 Å². The molecule has 0 atom stereocenters. The van der Waals surface area contributed by atoms with E-state index in [2.05, 4.69) is 29.5 Å². The Hall–Kier alpha value is -1.29. The summed E-state index contributed by atoms with van der Waals surface area (Å²) in [5.41, 5.74) is 0.908. The van der Waals surface area contributed by atoms with Crippen LogP contribution in [0.1, 0.15) is 49.9 Å². The van der Waals surface area contributed by atoms with Crippen LogP contribution in [0.15, 0.2) is 12.1 Å². The summed E-state index contributed by atoms with van der Waals surface area (Å²) in [5, 5.41) is 6.50. The highest BCUT2D eigenvalue weighted by Crippen LogP contribution is 2.47. The van der Waals surface area contributed by atoms with Gasteiger partial charge in [-0.15, -0.1) is 0 Å². The zero-order chi connectivity index (χ0) is 14.6. The molecular weight excluding hydrogens is 274 g/mol. The molecule has 0 aromatic carbocycles. The number of rotatable bonds is 7. The fourth-order valence-electron chi connectivity index (χ4n) is 2.17. The highest BCUT2D eigenvalue weighted by atomic mass is 35.5. The molecule has 0 radical (unpaired) electrons. The molecule has 0 bridgehead atoms. The van der Waals surface area contributed by atoms with E-state index in [1.807, 2.05) is 0 Å². The van der Waals surface area contributed by atoms with Gasteiger partial charge in [-0.1, -0.05) is 25.4 Å². The second kappa shape index (κ2) is 6.44. The van der Waals surface area contributed by atoms with Gasteiger partial charge in [0.1, 0.15) is 11.0 Å². The number of hydrogen-bond donors (Lipinski definition) is 2. The van der Waals surface area contributed by atoms with Gasteiger partial charge in [0.2, 0.25) is 0 Å². The molecular formula is C15H22ClN3O. The predicted molar refractivity (Wildman–Crippen MR) is 82.3 cm³/mol. The Morgan fingerprint density at radius 1 is 1.40 bits per heavy atom. The van der Waals surface area contributed by atoms with Gasteiger partial charge in [0.05, 0.1) is 0 Å². The number of hydrogen-bond acceptors (Lipinski definition) is 3. The SMILES string of the molecule is CCCNc1cc(C(=O)NCC2(CC)CC2)cc(Cl)n1. The number of anilines is 1. The van der Waals surface area contributed by atoms with Crippen LogP contribution in [-0.4, -0.2) is 24.0 Å². The largest absolute Gasteiger partial charge is 0.370 e. The number of amides is 1. The van der Waals surface area contributed by atoms with Gasteiger partial charge in [0.25, 0.3) is 5.91 Å². The number of nitrogens with zero attached hydrogens (tertiary/aromatic N) is 1. The fraction of sp³-hybridized carbons (Fsp3) is 0.600. The van der Waals surface area contributed by atoms with Crippen LogP contribution in [0.2, 0.25) is 5.15 Å². The first-order chi connectivity index (χ1) is 9.58. The molecule has 20 heavy (non-hydrogen) atoms. The lowest BCUT2D eigenvalue weighted by Crippen LogP contribution is -2.30. The van der Waals surface area contributed by atoms with Crippen LogP contribution in [0.25, 0.3) is 0 Å². The maximum Gasteiger partial charge on any atom is 0.251 e. The average molecular weight is 296 g/mol. The Kier molecular flexibility index (Phi) is 4.86. The average Bonchev–Trinajstić information content (AvgIpc) is 3.22. The van der Waals surface area contributed by atoms with Gasteiger partial charge in [-0.2, -0.15) is 0 Å². The van der Waals surface area contributed by atoms with Crippen molar-refractivity contribution in [1.29, 1.82) is 0 Å². The summed E-state index contributed by atoms with van der Waals surface area (Å²) < 4.78 is 0. The lowest BCUT2D eigenvalue weighted by Gasteiger charge is -2.14. The van der Waals surface area contributed by atoms with Gasteiger partial charge < -0.3 is 10.6 Å². The molecule has 1 aliphatic carbocycles. The Morgan fingerprint density at radius 2 is 2.15 bits per heavy atom. The fourth-order valence-corrected chi connectivity index (χ4v) is 2.38. The monoisotopic (exact) mass is 295 g/mol. The lowest BCUT2D eigenvalue weighted by atomic mass is 10.0. The van der Waals surface area contributed by atoms with Crippen LogP contribution >= 0.6 is 11.6 Å². The third-order valence-electron chi connectivity index (χ3n) is 3.94. The molecule has 2 rings (SSSR count). The van der Waals surface area contributed by atoms with Crippen molar-refractivity contribution < 1.29 is 4.79 Å². The van der Waals surface area contributed by atoms with Crippen LogP contribution in [-0.2, 0) is 0 Å². The first kappa shape index (κ1) is 15.1. The van der Waals surface area contributed by atoms with E-state index in [0.29, 0.717) is 21.9 Å². The third kappa shape index (κ3) is 3.85. The molecule has 4 nitrogen and oxygen atoms in total. The predicted octanol–water partition coefficient (Wildman–Crippen LogP) is 3.48. The van der Waals surface area contributed by atoms with E-state index in [1.165, 1.54) is 12.8 Å². The van der Waals surface area contributed by atoms with E-state index in [9.17, 15) is 4.79 Å². The van der Waals surface area contributed by atoms with Crippen molar-refractivity contribution >= 4 is 23.3 Å². The number of carbonyl (C=O) groups is 1. The van der Waals surface area contributed by atoms with Crippen LogP contribution < -0.4 is 10.6 Å². The molecule has 2 N–H and O–H groups in total. The maximum atomic E-state index is 12.2. The molecule has 1 fully saturated rings. The standard InChI is InChI=1S/C15H22ClN3O/c1-3-7-17-13-9-11(8-12(16)19-13)14(20)18-10-15(4-2)5-6-15/h8-9H,3-7,10H2,1-2H3,(H,17,19)(H,18,20). The second-order valence-electron chi connectivity index (χ2n) is 5.53. The minimum atomic E-state index is -0.0754. The summed E-state index contributed by atoms with van der Waals surface area (Å²) in [4.78, 5) is 16.4. The number of pyridine rings is 1.